The topological polar surface area (TPSA) is 84.9 Å². The number of rotatable bonds is 2. The van der Waals surface area contributed by atoms with Gasteiger partial charge in [0.2, 0.25) is 0 Å². The number of phenolic OH excluding ortho intramolecular Hbond substituents is 1. The number of hydrogen-bond donors (Lipinski definition) is 2. The first kappa shape index (κ1) is 15.5. The molecule has 3 N–H and O–H groups in total. The van der Waals surface area contributed by atoms with Crippen molar-refractivity contribution in [2.24, 2.45) is 0 Å². The Labute approximate surface area is 152 Å². The van der Waals surface area contributed by atoms with E-state index < -0.39 is 0 Å². The number of nitrogens with two attached hydrogens (primary N) is 1. The Kier molecular flexibility index (Phi) is 3.82. The summed E-state index contributed by atoms with van der Waals surface area (Å²) in [6, 6.07) is 16.8. The largest absolute Gasteiger partial charge is 0.508 e. The predicted octanol–water partition coefficient (Wildman–Crippen LogP) is 4.41. The van der Waals surface area contributed by atoms with Crippen LogP contribution >= 0.6 is 15.9 Å². The van der Waals surface area contributed by atoms with E-state index in [1.54, 1.807) is 12.1 Å². The fourth-order valence-corrected chi connectivity index (χ4v) is 3.15. The zero-order chi connectivity index (χ0) is 17.4. The van der Waals surface area contributed by atoms with Crippen molar-refractivity contribution in [1.29, 1.82) is 0 Å². The summed E-state index contributed by atoms with van der Waals surface area (Å²) < 4.78 is 0.969. The summed E-state index contributed by atoms with van der Waals surface area (Å²) in [4.78, 5) is 13.0. The average molecular weight is 393 g/mol. The zero-order valence-corrected chi connectivity index (χ0v) is 14.6. The smallest absolute Gasteiger partial charge is 0.165 e. The third kappa shape index (κ3) is 2.92. The summed E-state index contributed by atoms with van der Waals surface area (Å²) in [6.07, 6.45) is 1.41. The van der Waals surface area contributed by atoms with Crippen molar-refractivity contribution in [3.05, 3.63) is 65.4 Å². The van der Waals surface area contributed by atoms with Crippen LogP contribution in [0.3, 0.4) is 0 Å². The van der Waals surface area contributed by atoms with Gasteiger partial charge in [-0.25, -0.2) is 15.0 Å². The molecule has 0 spiro atoms. The fourth-order valence-electron chi connectivity index (χ4n) is 2.75. The van der Waals surface area contributed by atoms with Crippen LogP contribution in [0.5, 0.6) is 5.75 Å². The van der Waals surface area contributed by atoms with Crippen molar-refractivity contribution in [2.75, 3.05) is 5.73 Å². The van der Waals surface area contributed by atoms with Crippen LogP contribution in [0.1, 0.15) is 0 Å². The number of hydrogen-bond acceptors (Lipinski definition) is 5. The first-order valence-electron chi connectivity index (χ1n) is 7.58. The van der Waals surface area contributed by atoms with Gasteiger partial charge in [0.15, 0.2) is 5.65 Å². The lowest BCUT2D eigenvalue weighted by Crippen LogP contribution is -1.98. The second-order valence-electron chi connectivity index (χ2n) is 5.57. The van der Waals surface area contributed by atoms with E-state index in [1.807, 2.05) is 42.5 Å². The van der Waals surface area contributed by atoms with Gasteiger partial charge in [0.25, 0.3) is 0 Å². The predicted molar refractivity (Wildman–Crippen MR) is 102 cm³/mol. The van der Waals surface area contributed by atoms with Crippen LogP contribution in [0, 0.1) is 0 Å². The van der Waals surface area contributed by atoms with Gasteiger partial charge in [-0.1, -0.05) is 28.1 Å². The zero-order valence-electron chi connectivity index (χ0n) is 13.0. The van der Waals surface area contributed by atoms with E-state index in [4.69, 9.17) is 5.73 Å². The number of nitrogen functional groups attached to an aromatic ring is 1. The van der Waals surface area contributed by atoms with Crippen LogP contribution in [0.4, 0.5) is 5.82 Å². The molecule has 0 saturated heterocycles. The molecule has 122 valence electrons. The summed E-state index contributed by atoms with van der Waals surface area (Å²) in [5.74, 6) is 0.605. The number of aromatic nitrogens is 3. The fraction of sp³-hybridized carbons (Fsp3) is 0. The van der Waals surface area contributed by atoms with Crippen molar-refractivity contribution >= 4 is 32.8 Å². The number of anilines is 1. The molecular weight excluding hydrogens is 380 g/mol. The second-order valence-corrected chi connectivity index (χ2v) is 6.49. The van der Waals surface area contributed by atoms with Crippen LogP contribution in [0.15, 0.2) is 65.4 Å². The molecule has 0 aliphatic rings. The summed E-state index contributed by atoms with van der Waals surface area (Å²) in [7, 11) is 0. The van der Waals surface area contributed by atoms with Crippen LogP contribution in [0.2, 0.25) is 0 Å². The van der Waals surface area contributed by atoms with Gasteiger partial charge in [0, 0.05) is 10.0 Å². The normalized spacial score (nSPS) is 10.9. The molecule has 2 aromatic carbocycles. The molecule has 4 rings (SSSR count). The minimum Gasteiger partial charge on any atom is -0.508 e. The second kappa shape index (κ2) is 6.14. The molecule has 0 fully saturated rings. The van der Waals surface area contributed by atoms with Gasteiger partial charge in [0.1, 0.15) is 17.9 Å². The first-order valence-corrected chi connectivity index (χ1v) is 8.38. The molecule has 0 aliphatic carbocycles. The minimum absolute atomic E-state index is 0.211. The monoisotopic (exact) mass is 392 g/mol. The van der Waals surface area contributed by atoms with Crippen molar-refractivity contribution in [3.8, 4) is 28.1 Å². The Morgan fingerprint density at radius 1 is 0.920 bits per heavy atom. The highest BCUT2D eigenvalue weighted by atomic mass is 79.9. The third-order valence-electron chi connectivity index (χ3n) is 3.93. The molecule has 0 radical (unpaired) electrons. The number of fused-ring (bicyclic) bond motifs is 1. The molecular formula is C19H13BrN4O. The highest BCUT2D eigenvalue weighted by Crippen LogP contribution is 2.34. The van der Waals surface area contributed by atoms with E-state index >= 15 is 0 Å². The third-order valence-corrected chi connectivity index (χ3v) is 4.43. The van der Waals surface area contributed by atoms with E-state index in [1.165, 1.54) is 6.33 Å². The molecule has 25 heavy (non-hydrogen) atoms. The lowest BCUT2D eigenvalue weighted by Gasteiger charge is -2.11. The molecule has 2 heterocycles. The standard InChI is InChI=1S/C19H13BrN4O/c20-13-3-1-2-12(8-13)15-9-16(11-4-6-14(25)7-5-11)24-19-17(15)18(21)22-10-23-19/h1-10,25H,(H2,21,22,23,24). The maximum atomic E-state index is 9.51. The van der Waals surface area contributed by atoms with Crippen LogP contribution in [-0.2, 0) is 0 Å². The number of halogens is 1. The lowest BCUT2D eigenvalue weighted by atomic mass is 10.00. The number of aromatic hydroxyl groups is 1. The van der Waals surface area contributed by atoms with E-state index in [0.717, 1.165) is 32.2 Å². The molecule has 0 saturated carbocycles. The van der Waals surface area contributed by atoms with Crippen molar-refractivity contribution in [1.82, 2.24) is 15.0 Å². The summed E-state index contributed by atoms with van der Waals surface area (Å²) in [5, 5.41) is 10.2. The van der Waals surface area contributed by atoms with E-state index in [-0.39, 0.29) is 5.75 Å². The van der Waals surface area contributed by atoms with Gasteiger partial charge in [-0.05, 0) is 53.6 Å². The Morgan fingerprint density at radius 3 is 2.48 bits per heavy atom. The quantitative estimate of drug-likeness (QED) is 0.527. The Morgan fingerprint density at radius 2 is 1.72 bits per heavy atom. The summed E-state index contributed by atoms with van der Waals surface area (Å²) >= 11 is 3.51. The highest BCUT2D eigenvalue weighted by molar-refractivity contribution is 9.10. The van der Waals surface area contributed by atoms with Gasteiger partial charge in [-0.3, -0.25) is 0 Å². The van der Waals surface area contributed by atoms with Crippen molar-refractivity contribution in [3.63, 3.8) is 0 Å². The molecule has 6 heteroatoms. The maximum absolute atomic E-state index is 9.51. The van der Waals surface area contributed by atoms with E-state index in [2.05, 4.69) is 30.9 Å². The number of phenols is 1. The lowest BCUT2D eigenvalue weighted by molar-refractivity contribution is 0.475. The van der Waals surface area contributed by atoms with Gasteiger partial charge in [-0.15, -0.1) is 0 Å². The van der Waals surface area contributed by atoms with E-state index in [9.17, 15) is 5.11 Å². The first-order chi connectivity index (χ1) is 12.1. The molecule has 0 atom stereocenters. The Balaban J connectivity index is 2.03. The van der Waals surface area contributed by atoms with Crippen LogP contribution in [0.25, 0.3) is 33.4 Å². The number of benzene rings is 2. The molecule has 0 bridgehead atoms. The Hall–Kier alpha value is -2.99. The minimum atomic E-state index is 0.211. The molecule has 2 aromatic heterocycles. The average Bonchev–Trinajstić information content (AvgIpc) is 2.61. The highest BCUT2D eigenvalue weighted by Gasteiger charge is 2.13. The van der Waals surface area contributed by atoms with E-state index in [0.29, 0.717) is 11.5 Å². The molecule has 4 aromatic rings. The molecule has 0 aliphatic heterocycles. The summed E-state index contributed by atoms with van der Waals surface area (Å²) in [6.45, 7) is 0. The molecule has 0 unspecified atom stereocenters. The van der Waals surface area contributed by atoms with Crippen LogP contribution in [-0.4, -0.2) is 20.1 Å². The SMILES string of the molecule is Nc1ncnc2nc(-c3ccc(O)cc3)cc(-c3cccc(Br)c3)c12. The van der Waals surface area contributed by atoms with Crippen LogP contribution < -0.4 is 5.73 Å². The van der Waals surface area contributed by atoms with Gasteiger partial charge >= 0.3 is 0 Å². The molecule has 5 nitrogen and oxygen atoms in total. The summed E-state index contributed by atoms with van der Waals surface area (Å²) in [5.41, 5.74) is 10.2. The maximum Gasteiger partial charge on any atom is 0.165 e. The van der Waals surface area contributed by atoms with Gasteiger partial charge in [-0.2, -0.15) is 0 Å². The Bertz CT molecular complexity index is 1080. The number of nitrogens with zero attached hydrogens (tertiary/aromatic N) is 3. The van der Waals surface area contributed by atoms with Gasteiger partial charge < -0.3 is 10.8 Å². The van der Waals surface area contributed by atoms with Gasteiger partial charge in [0.05, 0.1) is 11.1 Å². The van der Waals surface area contributed by atoms with Crippen molar-refractivity contribution < 1.29 is 5.11 Å². The molecule has 0 amide bonds. The van der Waals surface area contributed by atoms with Crippen molar-refractivity contribution in [2.45, 2.75) is 0 Å². The number of pyridine rings is 1.